The molecule has 1 aliphatic rings. The lowest BCUT2D eigenvalue weighted by molar-refractivity contribution is 0.0981. The van der Waals surface area contributed by atoms with Crippen molar-refractivity contribution in [3.8, 4) is 0 Å². The third-order valence-corrected chi connectivity index (χ3v) is 3.61. The molecular formula is C13H15ClO. The fourth-order valence-corrected chi connectivity index (χ4v) is 2.60. The molecule has 1 aliphatic carbocycles. The molecule has 0 fully saturated rings. The van der Waals surface area contributed by atoms with E-state index in [0.717, 1.165) is 41.0 Å². The van der Waals surface area contributed by atoms with Crippen LogP contribution in [0.2, 0.25) is 5.02 Å². The van der Waals surface area contributed by atoms with E-state index >= 15 is 0 Å². The molecule has 0 saturated heterocycles. The number of halogens is 1. The molecule has 0 atom stereocenters. The summed E-state index contributed by atoms with van der Waals surface area (Å²) in [6.45, 7) is 3.99. The third kappa shape index (κ3) is 1.81. The normalized spacial score (nSPS) is 16.1. The van der Waals surface area contributed by atoms with Crippen molar-refractivity contribution >= 4 is 17.4 Å². The van der Waals surface area contributed by atoms with Gasteiger partial charge in [0.1, 0.15) is 0 Å². The van der Waals surface area contributed by atoms with Crippen molar-refractivity contribution in [2.24, 2.45) is 0 Å². The Hall–Kier alpha value is -0.820. The summed E-state index contributed by atoms with van der Waals surface area (Å²) in [7, 11) is 0. The maximum Gasteiger partial charge on any atom is 0.163 e. The molecule has 0 radical (unpaired) electrons. The van der Waals surface area contributed by atoms with Crippen LogP contribution in [-0.2, 0) is 6.42 Å². The first-order valence-corrected chi connectivity index (χ1v) is 5.81. The van der Waals surface area contributed by atoms with Crippen molar-refractivity contribution in [1.29, 1.82) is 0 Å². The molecule has 0 heterocycles. The molecule has 1 aromatic carbocycles. The van der Waals surface area contributed by atoms with Crippen molar-refractivity contribution in [1.82, 2.24) is 0 Å². The van der Waals surface area contributed by atoms with Crippen LogP contribution in [0.25, 0.3) is 0 Å². The van der Waals surface area contributed by atoms with Gasteiger partial charge in [0.2, 0.25) is 0 Å². The van der Waals surface area contributed by atoms with E-state index < -0.39 is 0 Å². The molecule has 0 aliphatic heterocycles. The number of fused-ring (bicyclic) bond motifs is 1. The van der Waals surface area contributed by atoms with Crippen LogP contribution in [0.15, 0.2) is 6.07 Å². The molecular weight excluding hydrogens is 208 g/mol. The minimum absolute atomic E-state index is 0.269. The molecule has 15 heavy (non-hydrogen) atoms. The van der Waals surface area contributed by atoms with E-state index in [9.17, 15) is 4.79 Å². The van der Waals surface area contributed by atoms with Gasteiger partial charge in [-0.2, -0.15) is 0 Å². The summed E-state index contributed by atoms with van der Waals surface area (Å²) in [5.74, 6) is 0.269. The summed E-state index contributed by atoms with van der Waals surface area (Å²) in [6.07, 6.45) is 3.81. The van der Waals surface area contributed by atoms with Gasteiger partial charge in [-0.1, -0.05) is 11.6 Å². The summed E-state index contributed by atoms with van der Waals surface area (Å²) in [5.41, 5.74) is 4.25. The molecule has 0 bridgehead atoms. The van der Waals surface area contributed by atoms with E-state index in [4.69, 9.17) is 11.6 Å². The number of carbonyl (C=O) groups is 1. The third-order valence-electron chi connectivity index (χ3n) is 3.21. The van der Waals surface area contributed by atoms with Crippen LogP contribution < -0.4 is 0 Å². The topological polar surface area (TPSA) is 17.1 Å². The number of Topliss-reactive ketones (excluding diaryl/α,β-unsaturated/α-hetero) is 1. The molecule has 0 aromatic heterocycles. The highest BCUT2D eigenvalue weighted by Gasteiger charge is 2.20. The zero-order valence-electron chi connectivity index (χ0n) is 9.19. The van der Waals surface area contributed by atoms with Crippen LogP contribution in [0.3, 0.4) is 0 Å². The first-order chi connectivity index (χ1) is 7.11. The van der Waals surface area contributed by atoms with Crippen LogP contribution in [-0.4, -0.2) is 5.78 Å². The number of hydrogen-bond donors (Lipinski definition) is 0. The van der Waals surface area contributed by atoms with Gasteiger partial charge in [0.25, 0.3) is 0 Å². The van der Waals surface area contributed by atoms with Gasteiger partial charge in [-0.05, 0) is 55.9 Å². The molecule has 0 N–H and O–H groups in total. The summed E-state index contributed by atoms with van der Waals surface area (Å²) in [5, 5.41) is 0.724. The molecule has 1 aromatic rings. The Labute approximate surface area is 95.4 Å². The number of rotatable bonds is 0. The number of aryl methyl sites for hydroxylation is 1. The molecule has 0 spiro atoms. The average Bonchev–Trinajstić information content (AvgIpc) is 2.37. The Morgan fingerprint density at radius 3 is 2.60 bits per heavy atom. The first kappa shape index (κ1) is 10.7. The largest absolute Gasteiger partial charge is 0.294 e. The second kappa shape index (κ2) is 3.97. The zero-order chi connectivity index (χ0) is 11.0. The summed E-state index contributed by atoms with van der Waals surface area (Å²) in [6, 6.07) is 1.98. The highest BCUT2D eigenvalue weighted by molar-refractivity contribution is 6.32. The summed E-state index contributed by atoms with van der Waals surface area (Å²) >= 11 is 6.12. The van der Waals surface area contributed by atoms with Crippen LogP contribution in [0.1, 0.15) is 46.3 Å². The van der Waals surface area contributed by atoms with Gasteiger partial charge in [0.15, 0.2) is 5.78 Å². The van der Waals surface area contributed by atoms with Gasteiger partial charge in [0.05, 0.1) is 0 Å². The Kier molecular flexibility index (Phi) is 2.83. The van der Waals surface area contributed by atoms with Crippen LogP contribution in [0.5, 0.6) is 0 Å². The molecule has 0 unspecified atom stereocenters. The minimum atomic E-state index is 0.269. The predicted octanol–water partition coefficient (Wildman–Crippen LogP) is 3.87. The smallest absolute Gasteiger partial charge is 0.163 e. The summed E-state index contributed by atoms with van der Waals surface area (Å²) < 4.78 is 0. The van der Waals surface area contributed by atoms with E-state index in [0.29, 0.717) is 6.42 Å². The number of hydrogen-bond acceptors (Lipinski definition) is 1. The quantitative estimate of drug-likeness (QED) is 0.609. The van der Waals surface area contributed by atoms with Crippen molar-refractivity contribution in [2.75, 3.05) is 0 Å². The van der Waals surface area contributed by atoms with Crippen molar-refractivity contribution in [3.63, 3.8) is 0 Å². The molecule has 0 amide bonds. The van der Waals surface area contributed by atoms with E-state index in [1.807, 2.05) is 19.9 Å². The lowest BCUT2D eigenvalue weighted by Crippen LogP contribution is -2.05. The van der Waals surface area contributed by atoms with E-state index in [-0.39, 0.29) is 5.78 Å². The van der Waals surface area contributed by atoms with Gasteiger partial charge < -0.3 is 0 Å². The highest BCUT2D eigenvalue weighted by Crippen LogP contribution is 2.30. The van der Waals surface area contributed by atoms with E-state index in [1.165, 1.54) is 5.56 Å². The van der Waals surface area contributed by atoms with Crippen molar-refractivity contribution in [2.45, 2.75) is 39.5 Å². The lowest BCUT2D eigenvalue weighted by atomic mass is 9.93. The number of benzene rings is 1. The van der Waals surface area contributed by atoms with Crippen LogP contribution in [0, 0.1) is 13.8 Å². The second-order valence-corrected chi connectivity index (χ2v) is 4.69. The first-order valence-electron chi connectivity index (χ1n) is 5.43. The van der Waals surface area contributed by atoms with Gasteiger partial charge >= 0.3 is 0 Å². The van der Waals surface area contributed by atoms with Crippen LogP contribution in [0.4, 0.5) is 0 Å². The van der Waals surface area contributed by atoms with Gasteiger partial charge in [0, 0.05) is 17.0 Å². The SMILES string of the molecule is Cc1cc(Cl)c(C)c2c1CCCCC2=O. The standard InChI is InChI=1S/C13H15ClO/c1-8-7-11(14)9(2)13-10(8)5-3-4-6-12(13)15/h7H,3-6H2,1-2H3. The molecule has 80 valence electrons. The fraction of sp³-hybridized carbons (Fsp3) is 0.462. The Balaban J connectivity index is 2.69. The number of ketones is 1. The second-order valence-electron chi connectivity index (χ2n) is 4.28. The molecule has 1 nitrogen and oxygen atoms in total. The van der Waals surface area contributed by atoms with Crippen molar-refractivity contribution < 1.29 is 4.79 Å². The van der Waals surface area contributed by atoms with E-state index in [1.54, 1.807) is 0 Å². The Bertz CT molecular complexity index is 421. The average molecular weight is 223 g/mol. The minimum Gasteiger partial charge on any atom is -0.294 e. The molecule has 2 rings (SSSR count). The zero-order valence-corrected chi connectivity index (χ0v) is 9.95. The fourth-order valence-electron chi connectivity index (χ4n) is 2.34. The Morgan fingerprint density at radius 2 is 1.87 bits per heavy atom. The number of carbonyl (C=O) groups excluding carboxylic acids is 1. The molecule has 0 saturated carbocycles. The maximum atomic E-state index is 12.0. The predicted molar refractivity (Wildman–Crippen MR) is 62.8 cm³/mol. The highest BCUT2D eigenvalue weighted by atomic mass is 35.5. The maximum absolute atomic E-state index is 12.0. The van der Waals surface area contributed by atoms with Gasteiger partial charge in [-0.15, -0.1) is 0 Å². The Morgan fingerprint density at radius 1 is 1.20 bits per heavy atom. The lowest BCUT2D eigenvalue weighted by Gasteiger charge is -2.13. The van der Waals surface area contributed by atoms with E-state index in [2.05, 4.69) is 0 Å². The van der Waals surface area contributed by atoms with Crippen LogP contribution >= 0.6 is 11.6 Å². The van der Waals surface area contributed by atoms with Gasteiger partial charge in [-0.25, -0.2) is 0 Å². The molecule has 2 heteroatoms. The monoisotopic (exact) mass is 222 g/mol. The van der Waals surface area contributed by atoms with Crippen molar-refractivity contribution in [3.05, 3.63) is 33.3 Å². The summed E-state index contributed by atoms with van der Waals surface area (Å²) in [4.78, 5) is 12.0. The van der Waals surface area contributed by atoms with Gasteiger partial charge in [-0.3, -0.25) is 4.79 Å².